The number of anilines is 1. The zero-order valence-electron chi connectivity index (χ0n) is 18.9. The molecule has 0 saturated carbocycles. The summed E-state index contributed by atoms with van der Waals surface area (Å²) < 4.78 is 17.6. The molecule has 2 saturated heterocycles. The van der Waals surface area contributed by atoms with Crippen LogP contribution in [0.25, 0.3) is 0 Å². The van der Waals surface area contributed by atoms with Crippen LogP contribution in [-0.4, -0.2) is 71.1 Å². The number of carbonyl (C=O) groups excluding carboxylic acids is 1. The van der Waals surface area contributed by atoms with Crippen LogP contribution < -0.4 is 10.4 Å². The van der Waals surface area contributed by atoms with Crippen molar-refractivity contribution in [2.45, 2.75) is 77.7 Å². The molecule has 2 aliphatic rings. The smallest absolute Gasteiger partial charge is 0.444 e. The standard InChI is InChI=1S/C20H33BN4O4/c1-18(2,3)27-17(26)25-10-9-15(13-25)24(8)16-22-11-14(12-23-16)21-28-19(4,5)20(6,7)29-21/h11-12,15H,9-10,13H2,1-8H3/t15-/m0/s1. The van der Waals surface area contributed by atoms with Crippen LogP contribution in [0.1, 0.15) is 54.9 Å². The fraction of sp³-hybridized carbons (Fsp3) is 0.750. The SMILES string of the molecule is CN(c1ncc(B2OC(C)(C)C(C)(C)O2)cn1)[C@H]1CCN(C(=O)OC(C)(C)C)C1. The number of hydrogen-bond acceptors (Lipinski definition) is 7. The molecule has 8 nitrogen and oxygen atoms in total. The molecular formula is C20H33BN4O4. The number of nitrogens with zero attached hydrogens (tertiary/aromatic N) is 4. The normalized spacial score (nSPS) is 23.4. The summed E-state index contributed by atoms with van der Waals surface area (Å²) in [5.74, 6) is 0.612. The molecule has 0 radical (unpaired) electrons. The van der Waals surface area contributed by atoms with Gasteiger partial charge < -0.3 is 23.8 Å². The molecule has 0 spiro atoms. The number of likely N-dealkylation sites (N-methyl/N-ethyl adjacent to an activating group) is 1. The molecule has 0 unspecified atom stereocenters. The Morgan fingerprint density at radius 3 is 2.28 bits per heavy atom. The van der Waals surface area contributed by atoms with E-state index in [0.717, 1.165) is 11.9 Å². The van der Waals surface area contributed by atoms with Crippen LogP contribution >= 0.6 is 0 Å². The molecule has 0 aliphatic carbocycles. The molecule has 1 aromatic rings. The molecule has 0 aromatic carbocycles. The maximum Gasteiger partial charge on any atom is 0.498 e. The molecule has 0 bridgehead atoms. The second-order valence-electron chi connectivity index (χ2n) is 9.88. The van der Waals surface area contributed by atoms with Crippen LogP contribution in [0.2, 0.25) is 0 Å². The Labute approximate surface area is 174 Å². The van der Waals surface area contributed by atoms with Crippen molar-refractivity contribution in [3.8, 4) is 0 Å². The second-order valence-corrected chi connectivity index (χ2v) is 9.88. The van der Waals surface area contributed by atoms with E-state index in [4.69, 9.17) is 14.0 Å². The van der Waals surface area contributed by atoms with Crippen molar-refractivity contribution in [1.29, 1.82) is 0 Å². The molecular weight excluding hydrogens is 371 g/mol. The van der Waals surface area contributed by atoms with Crippen LogP contribution in [-0.2, 0) is 14.0 Å². The number of amides is 1. The highest BCUT2D eigenvalue weighted by Crippen LogP contribution is 2.36. The highest BCUT2D eigenvalue weighted by atomic mass is 16.7. The van der Waals surface area contributed by atoms with Gasteiger partial charge in [0.05, 0.1) is 17.2 Å². The van der Waals surface area contributed by atoms with Crippen LogP contribution in [0.4, 0.5) is 10.7 Å². The third kappa shape index (κ3) is 4.66. The van der Waals surface area contributed by atoms with Crippen LogP contribution in [0.5, 0.6) is 0 Å². The van der Waals surface area contributed by atoms with E-state index in [0.29, 0.717) is 19.0 Å². The van der Waals surface area contributed by atoms with Gasteiger partial charge in [0.15, 0.2) is 0 Å². The highest BCUT2D eigenvalue weighted by Gasteiger charge is 2.52. The molecule has 160 valence electrons. The number of rotatable bonds is 3. The maximum atomic E-state index is 12.3. The molecule has 9 heteroatoms. The summed E-state index contributed by atoms with van der Waals surface area (Å²) >= 11 is 0. The summed E-state index contributed by atoms with van der Waals surface area (Å²) in [7, 11) is 1.47. The molecule has 1 aromatic heterocycles. The zero-order valence-corrected chi connectivity index (χ0v) is 18.9. The Balaban J connectivity index is 1.62. The Morgan fingerprint density at radius 1 is 1.21 bits per heavy atom. The van der Waals surface area contributed by atoms with E-state index in [2.05, 4.69) is 9.97 Å². The minimum atomic E-state index is -0.493. The lowest BCUT2D eigenvalue weighted by molar-refractivity contribution is 0.00578. The van der Waals surface area contributed by atoms with E-state index < -0.39 is 23.9 Å². The van der Waals surface area contributed by atoms with Gasteiger partial charge >= 0.3 is 13.2 Å². The quantitative estimate of drug-likeness (QED) is 0.715. The fourth-order valence-electron chi connectivity index (χ4n) is 3.33. The summed E-state index contributed by atoms with van der Waals surface area (Å²) in [4.78, 5) is 25.1. The van der Waals surface area contributed by atoms with Crippen LogP contribution in [0.3, 0.4) is 0 Å². The Bertz CT molecular complexity index is 732. The maximum absolute atomic E-state index is 12.3. The Morgan fingerprint density at radius 2 is 1.76 bits per heavy atom. The van der Waals surface area contributed by atoms with Crippen molar-refractivity contribution >= 4 is 24.6 Å². The van der Waals surface area contributed by atoms with Gasteiger partial charge in [-0.2, -0.15) is 0 Å². The number of hydrogen-bond donors (Lipinski definition) is 0. The fourth-order valence-corrected chi connectivity index (χ4v) is 3.33. The molecule has 29 heavy (non-hydrogen) atoms. The van der Waals surface area contributed by atoms with Crippen LogP contribution in [0, 0.1) is 0 Å². The molecule has 2 fully saturated rings. The summed E-state index contributed by atoms with van der Waals surface area (Å²) in [6.07, 6.45) is 4.08. The highest BCUT2D eigenvalue weighted by molar-refractivity contribution is 6.61. The van der Waals surface area contributed by atoms with Crippen molar-refractivity contribution in [2.24, 2.45) is 0 Å². The summed E-state index contributed by atoms with van der Waals surface area (Å²) in [6.45, 7) is 15.0. The van der Waals surface area contributed by atoms with E-state index in [9.17, 15) is 4.79 Å². The Kier molecular flexibility index (Phi) is 5.60. The minimum Gasteiger partial charge on any atom is -0.444 e. The number of carbonyl (C=O) groups is 1. The summed E-state index contributed by atoms with van der Waals surface area (Å²) in [5, 5.41) is 0. The van der Waals surface area contributed by atoms with Gasteiger partial charge in [-0.05, 0) is 54.9 Å². The van der Waals surface area contributed by atoms with E-state index >= 15 is 0 Å². The van der Waals surface area contributed by atoms with Gasteiger partial charge in [-0.25, -0.2) is 14.8 Å². The monoisotopic (exact) mass is 404 g/mol. The average Bonchev–Trinajstić information content (AvgIpc) is 3.16. The van der Waals surface area contributed by atoms with E-state index in [1.807, 2.05) is 60.4 Å². The van der Waals surface area contributed by atoms with Crippen molar-refractivity contribution < 1.29 is 18.8 Å². The van der Waals surface area contributed by atoms with Gasteiger partial charge in [-0.15, -0.1) is 0 Å². The lowest BCUT2D eigenvalue weighted by Crippen LogP contribution is -2.41. The van der Waals surface area contributed by atoms with Gasteiger partial charge in [-0.3, -0.25) is 0 Å². The first-order valence-corrected chi connectivity index (χ1v) is 10.2. The van der Waals surface area contributed by atoms with Crippen LogP contribution in [0.15, 0.2) is 12.4 Å². The summed E-state index contributed by atoms with van der Waals surface area (Å²) in [5.41, 5.74) is -0.500. The van der Waals surface area contributed by atoms with E-state index in [-0.39, 0.29) is 12.1 Å². The third-order valence-corrected chi connectivity index (χ3v) is 5.86. The largest absolute Gasteiger partial charge is 0.498 e. The van der Waals surface area contributed by atoms with Gasteiger partial charge in [0.2, 0.25) is 5.95 Å². The Hall–Kier alpha value is -1.87. The second kappa shape index (κ2) is 7.43. The van der Waals surface area contributed by atoms with Crippen molar-refractivity contribution in [1.82, 2.24) is 14.9 Å². The van der Waals surface area contributed by atoms with Crippen molar-refractivity contribution in [2.75, 3.05) is 25.0 Å². The lowest BCUT2D eigenvalue weighted by Gasteiger charge is -2.32. The van der Waals surface area contributed by atoms with E-state index in [1.165, 1.54) is 0 Å². The van der Waals surface area contributed by atoms with Crippen molar-refractivity contribution in [3.63, 3.8) is 0 Å². The van der Waals surface area contributed by atoms with Gasteiger partial charge in [0.1, 0.15) is 5.60 Å². The predicted octanol–water partition coefficient (Wildman–Crippen LogP) is 2.22. The van der Waals surface area contributed by atoms with E-state index in [1.54, 1.807) is 17.3 Å². The first-order chi connectivity index (χ1) is 13.3. The first kappa shape index (κ1) is 21.8. The number of aromatic nitrogens is 2. The molecule has 3 heterocycles. The number of likely N-dealkylation sites (tertiary alicyclic amines) is 1. The number of ether oxygens (including phenoxy) is 1. The molecule has 2 aliphatic heterocycles. The third-order valence-electron chi connectivity index (χ3n) is 5.86. The molecule has 3 rings (SSSR count). The van der Waals surface area contributed by atoms with Crippen molar-refractivity contribution in [3.05, 3.63) is 12.4 Å². The van der Waals surface area contributed by atoms with Gasteiger partial charge in [-0.1, -0.05) is 0 Å². The first-order valence-electron chi connectivity index (χ1n) is 10.2. The zero-order chi connectivity index (χ0) is 21.6. The average molecular weight is 404 g/mol. The lowest BCUT2D eigenvalue weighted by atomic mass is 9.81. The predicted molar refractivity (Wildman–Crippen MR) is 112 cm³/mol. The van der Waals surface area contributed by atoms with Gasteiger partial charge in [0, 0.05) is 38.0 Å². The molecule has 0 N–H and O–H groups in total. The molecule has 1 atom stereocenters. The topological polar surface area (TPSA) is 77.0 Å². The summed E-state index contributed by atoms with van der Waals surface area (Å²) in [6, 6.07) is 0.144. The minimum absolute atomic E-state index is 0.144. The molecule has 1 amide bonds. The van der Waals surface area contributed by atoms with Gasteiger partial charge in [0.25, 0.3) is 0 Å².